The summed E-state index contributed by atoms with van der Waals surface area (Å²) < 4.78 is 13.1. The standard InChI is InChI=1S/C18H15FN4O3S/c1-12-17(24)22(11-13-5-7-15(19)8-6-13)18(27-12)21-20-10-14-3-2-4-16(9-14)23(25)26/h2-10,12H,11H2,1H3/b20-10-,21-18-/t12-/m1/s1. The van der Waals surface area contributed by atoms with Crippen molar-refractivity contribution in [2.45, 2.75) is 18.7 Å². The van der Waals surface area contributed by atoms with Gasteiger partial charge in [0.25, 0.3) is 5.69 Å². The Hall–Kier alpha value is -3.07. The summed E-state index contributed by atoms with van der Waals surface area (Å²) in [6.07, 6.45) is 1.39. The van der Waals surface area contributed by atoms with Crippen LogP contribution in [0.2, 0.25) is 0 Å². The molecule has 0 radical (unpaired) electrons. The molecule has 0 spiro atoms. The Morgan fingerprint density at radius 1 is 1.30 bits per heavy atom. The van der Waals surface area contributed by atoms with Gasteiger partial charge >= 0.3 is 0 Å². The first-order valence-electron chi connectivity index (χ1n) is 8.02. The van der Waals surface area contributed by atoms with Crippen molar-refractivity contribution in [2.75, 3.05) is 0 Å². The largest absolute Gasteiger partial charge is 0.284 e. The molecule has 138 valence electrons. The van der Waals surface area contributed by atoms with Crippen LogP contribution in [0.4, 0.5) is 10.1 Å². The zero-order valence-electron chi connectivity index (χ0n) is 14.3. The van der Waals surface area contributed by atoms with Crippen molar-refractivity contribution in [3.63, 3.8) is 0 Å². The fourth-order valence-electron chi connectivity index (χ4n) is 2.44. The lowest BCUT2D eigenvalue weighted by atomic mass is 10.2. The molecule has 2 aromatic rings. The molecule has 2 aromatic carbocycles. The quantitative estimate of drug-likeness (QED) is 0.446. The van der Waals surface area contributed by atoms with E-state index in [4.69, 9.17) is 0 Å². The molecule has 1 saturated heterocycles. The maximum Gasteiger partial charge on any atom is 0.270 e. The summed E-state index contributed by atoms with van der Waals surface area (Å²) in [7, 11) is 0. The highest BCUT2D eigenvalue weighted by molar-refractivity contribution is 8.15. The molecular formula is C18H15FN4O3S. The van der Waals surface area contributed by atoms with E-state index in [-0.39, 0.29) is 29.2 Å². The van der Waals surface area contributed by atoms with Crippen LogP contribution < -0.4 is 0 Å². The number of benzene rings is 2. The number of rotatable bonds is 5. The van der Waals surface area contributed by atoms with Crippen LogP contribution in [0.15, 0.2) is 58.7 Å². The first-order chi connectivity index (χ1) is 12.9. The number of hydrogen-bond acceptors (Lipinski definition) is 6. The van der Waals surface area contributed by atoms with Crippen LogP contribution >= 0.6 is 11.8 Å². The highest BCUT2D eigenvalue weighted by Crippen LogP contribution is 2.28. The second-order valence-corrected chi connectivity index (χ2v) is 7.10. The Morgan fingerprint density at radius 2 is 2.04 bits per heavy atom. The predicted molar refractivity (Wildman–Crippen MR) is 102 cm³/mol. The number of non-ortho nitro benzene ring substituents is 1. The fraction of sp³-hybridized carbons (Fsp3) is 0.167. The molecule has 0 aliphatic carbocycles. The number of amidine groups is 1. The molecule has 3 rings (SSSR count). The molecule has 9 heteroatoms. The van der Waals surface area contributed by atoms with Crippen molar-refractivity contribution in [2.24, 2.45) is 10.2 Å². The lowest BCUT2D eigenvalue weighted by Gasteiger charge is -2.15. The van der Waals surface area contributed by atoms with Gasteiger partial charge in [-0.05, 0) is 24.6 Å². The normalized spacial score (nSPS) is 18.6. The zero-order valence-corrected chi connectivity index (χ0v) is 15.1. The number of thioether (sulfide) groups is 1. The van der Waals surface area contributed by atoms with Gasteiger partial charge in [0, 0.05) is 17.7 Å². The second kappa shape index (κ2) is 8.09. The van der Waals surface area contributed by atoms with Gasteiger partial charge in [-0.3, -0.25) is 19.8 Å². The molecule has 27 heavy (non-hydrogen) atoms. The van der Waals surface area contributed by atoms with Gasteiger partial charge in [-0.15, -0.1) is 5.10 Å². The maximum absolute atomic E-state index is 13.1. The Kier molecular flexibility index (Phi) is 5.60. The summed E-state index contributed by atoms with van der Waals surface area (Å²) in [5, 5.41) is 19.0. The van der Waals surface area contributed by atoms with Gasteiger partial charge in [-0.2, -0.15) is 5.10 Å². The molecule has 1 heterocycles. The number of carbonyl (C=O) groups excluding carboxylic acids is 1. The molecule has 0 saturated carbocycles. The van der Waals surface area contributed by atoms with Crippen LogP contribution in [0, 0.1) is 15.9 Å². The molecule has 1 aliphatic rings. The number of amides is 1. The van der Waals surface area contributed by atoms with E-state index >= 15 is 0 Å². The van der Waals surface area contributed by atoms with Crippen molar-refractivity contribution in [3.8, 4) is 0 Å². The van der Waals surface area contributed by atoms with Crippen LogP contribution in [0.5, 0.6) is 0 Å². The van der Waals surface area contributed by atoms with Gasteiger partial charge in [0.15, 0.2) is 5.17 Å². The molecule has 1 aliphatic heterocycles. The van der Waals surface area contributed by atoms with Crippen LogP contribution in [0.25, 0.3) is 0 Å². The smallest absolute Gasteiger partial charge is 0.270 e. The van der Waals surface area contributed by atoms with E-state index < -0.39 is 4.92 Å². The average molecular weight is 386 g/mol. The Balaban J connectivity index is 1.78. The van der Waals surface area contributed by atoms with Crippen LogP contribution in [0.3, 0.4) is 0 Å². The van der Waals surface area contributed by atoms with Gasteiger partial charge in [0.2, 0.25) is 5.91 Å². The Labute approximate surface area is 158 Å². The van der Waals surface area contributed by atoms with Crippen LogP contribution in [-0.4, -0.2) is 32.4 Å². The molecular weight excluding hydrogens is 371 g/mol. The lowest BCUT2D eigenvalue weighted by Crippen LogP contribution is -2.30. The summed E-state index contributed by atoms with van der Waals surface area (Å²) in [6.45, 7) is 2.04. The number of hydrogen-bond donors (Lipinski definition) is 0. The van der Waals surface area contributed by atoms with Crippen LogP contribution in [0.1, 0.15) is 18.1 Å². The van der Waals surface area contributed by atoms with E-state index in [1.807, 2.05) is 0 Å². The highest BCUT2D eigenvalue weighted by Gasteiger charge is 2.35. The van der Waals surface area contributed by atoms with Gasteiger partial charge in [-0.1, -0.05) is 36.0 Å². The summed E-state index contributed by atoms with van der Waals surface area (Å²) in [4.78, 5) is 24.2. The predicted octanol–water partition coefficient (Wildman–Crippen LogP) is 3.59. The van der Waals surface area contributed by atoms with E-state index in [1.165, 1.54) is 47.1 Å². The van der Waals surface area contributed by atoms with Gasteiger partial charge in [0.1, 0.15) is 5.82 Å². The lowest BCUT2D eigenvalue weighted by molar-refractivity contribution is -0.384. The third kappa shape index (κ3) is 4.56. The third-order valence-corrected chi connectivity index (χ3v) is 4.88. The minimum Gasteiger partial charge on any atom is -0.284 e. The molecule has 1 atom stereocenters. The number of nitrogens with zero attached hydrogens (tertiary/aromatic N) is 4. The molecule has 0 N–H and O–H groups in total. The van der Waals surface area contributed by atoms with E-state index in [0.717, 1.165) is 5.56 Å². The average Bonchev–Trinajstić information content (AvgIpc) is 2.91. The topological polar surface area (TPSA) is 88.2 Å². The number of nitro groups is 1. The van der Waals surface area contributed by atoms with Crippen molar-refractivity contribution in [1.82, 2.24) is 4.90 Å². The first-order valence-corrected chi connectivity index (χ1v) is 8.90. The minimum absolute atomic E-state index is 0.0384. The zero-order chi connectivity index (χ0) is 19.4. The molecule has 0 aromatic heterocycles. The van der Waals surface area contributed by atoms with Crippen molar-refractivity contribution < 1.29 is 14.1 Å². The summed E-state index contributed by atoms with van der Waals surface area (Å²) in [5.41, 5.74) is 1.26. The summed E-state index contributed by atoms with van der Waals surface area (Å²) in [5.74, 6) is -0.446. The Bertz CT molecular complexity index is 930. The SMILES string of the molecule is C[C@H]1S/C(=N\N=C/c2cccc([N+](=O)[O-])c2)N(Cc2ccc(F)cc2)C1=O. The fourth-order valence-corrected chi connectivity index (χ4v) is 3.37. The molecule has 0 bridgehead atoms. The van der Waals surface area contributed by atoms with E-state index in [9.17, 15) is 19.3 Å². The van der Waals surface area contributed by atoms with Crippen molar-refractivity contribution >= 4 is 34.7 Å². The monoisotopic (exact) mass is 386 g/mol. The maximum atomic E-state index is 13.1. The molecule has 1 amide bonds. The summed E-state index contributed by atoms with van der Waals surface area (Å²) in [6, 6.07) is 11.9. The first kappa shape index (κ1) is 18.7. The van der Waals surface area contributed by atoms with E-state index in [1.54, 1.807) is 31.2 Å². The third-order valence-electron chi connectivity index (χ3n) is 3.81. The second-order valence-electron chi connectivity index (χ2n) is 5.79. The van der Waals surface area contributed by atoms with Crippen molar-refractivity contribution in [1.29, 1.82) is 0 Å². The summed E-state index contributed by atoms with van der Waals surface area (Å²) >= 11 is 1.28. The molecule has 1 fully saturated rings. The number of halogens is 1. The van der Waals surface area contributed by atoms with Gasteiger partial charge in [0.05, 0.1) is 22.9 Å². The number of carbonyl (C=O) groups is 1. The van der Waals surface area contributed by atoms with E-state index in [0.29, 0.717) is 10.7 Å². The van der Waals surface area contributed by atoms with Gasteiger partial charge < -0.3 is 0 Å². The number of nitro benzene ring substituents is 1. The molecule has 0 unspecified atom stereocenters. The van der Waals surface area contributed by atoms with Crippen molar-refractivity contribution in [3.05, 3.63) is 75.6 Å². The highest BCUT2D eigenvalue weighted by atomic mass is 32.2. The Morgan fingerprint density at radius 3 is 2.74 bits per heavy atom. The molecule has 7 nitrogen and oxygen atoms in total. The minimum atomic E-state index is -0.485. The van der Waals surface area contributed by atoms with E-state index in [2.05, 4.69) is 10.2 Å². The van der Waals surface area contributed by atoms with Crippen LogP contribution in [-0.2, 0) is 11.3 Å². The van der Waals surface area contributed by atoms with Gasteiger partial charge in [-0.25, -0.2) is 4.39 Å².